The van der Waals surface area contributed by atoms with Crippen molar-refractivity contribution in [2.45, 2.75) is 45.1 Å². The van der Waals surface area contributed by atoms with Crippen LogP contribution in [0.1, 0.15) is 40.0 Å². The van der Waals surface area contributed by atoms with Gasteiger partial charge in [-0.15, -0.1) is 0 Å². The Balaban J connectivity index is 2.19. The van der Waals surface area contributed by atoms with Crippen LogP contribution >= 0.6 is 0 Å². The van der Waals surface area contributed by atoms with Crippen LogP contribution in [0, 0.1) is 0 Å². The molecule has 0 spiro atoms. The van der Waals surface area contributed by atoms with E-state index in [1.807, 2.05) is 0 Å². The van der Waals surface area contributed by atoms with Crippen molar-refractivity contribution in [3.8, 4) is 0 Å². The van der Waals surface area contributed by atoms with Crippen molar-refractivity contribution in [2.75, 3.05) is 13.2 Å². The second-order valence-electron chi connectivity index (χ2n) is 7.90. The van der Waals surface area contributed by atoms with E-state index in [0.717, 1.165) is 19.3 Å². The molecule has 148 valence electrons. The fourth-order valence-electron chi connectivity index (χ4n) is 3.61. The molecule has 0 aliphatic carbocycles. The average Bonchev–Trinajstić information content (AvgIpc) is 2.70. The molecule has 28 heavy (non-hydrogen) atoms. The number of unbranched alkanes of at least 4 members (excludes halogenated alkanes) is 2. The summed E-state index contributed by atoms with van der Waals surface area (Å²) in [6.45, 7) is 8.04. The second kappa shape index (κ2) is 10.9. The lowest BCUT2D eigenvalue weighted by atomic mass is 10.2. The van der Waals surface area contributed by atoms with Gasteiger partial charge >= 0.3 is 0 Å². The van der Waals surface area contributed by atoms with Gasteiger partial charge in [0, 0.05) is 11.5 Å². The molecular weight excluding hydrogens is 362 g/mol. The first-order chi connectivity index (χ1) is 13.5. The zero-order valence-electron chi connectivity index (χ0n) is 17.2. The Labute approximate surface area is 170 Å². The van der Waals surface area contributed by atoms with Gasteiger partial charge in [0.05, 0.1) is 6.61 Å². The minimum Gasteiger partial charge on any atom is -0.404 e. The van der Waals surface area contributed by atoms with Crippen LogP contribution in [0.15, 0.2) is 77.9 Å². The van der Waals surface area contributed by atoms with Crippen LogP contribution in [0.2, 0.25) is 5.04 Å². The molecule has 2 aromatic carbocycles. The summed E-state index contributed by atoms with van der Waals surface area (Å²) in [5.74, 6) is 0. The van der Waals surface area contributed by atoms with Crippen molar-refractivity contribution < 1.29 is 4.43 Å². The van der Waals surface area contributed by atoms with Crippen molar-refractivity contribution in [3.63, 3.8) is 0 Å². The van der Waals surface area contributed by atoms with E-state index in [2.05, 4.69) is 104 Å². The van der Waals surface area contributed by atoms with Gasteiger partial charge in [-0.25, -0.2) is 0 Å². The molecule has 0 unspecified atom stereocenters. The molecule has 0 atom stereocenters. The summed E-state index contributed by atoms with van der Waals surface area (Å²) in [6.07, 6.45) is 7.23. The number of hydrogen-bond donors (Lipinski definition) is 0. The van der Waals surface area contributed by atoms with Crippen LogP contribution in [0.5, 0.6) is 0 Å². The van der Waals surface area contributed by atoms with Crippen LogP contribution < -0.4 is 10.4 Å². The maximum Gasteiger partial charge on any atom is 0.261 e. The van der Waals surface area contributed by atoms with Gasteiger partial charge in [-0.05, 0) is 40.2 Å². The molecule has 5 heteroatoms. The fourth-order valence-corrected chi connectivity index (χ4v) is 8.11. The van der Waals surface area contributed by atoms with E-state index in [-0.39, 0.29) is 5.04 Å². The third-order valence-electron chi connectivity index (χ3n) is 4.92. The Morgan fingerprint density at radius 1 is 0.929 bits per heavy atom. The highest BCUT2D eigenvalue weighted by molar-refractivity contribution is 6.99. The number of nitrogens with zero attached hydrogens (tertiary/aromatic N) is 3. The van der Waals surface area contributed by atoms with E-state index in [9.17, 15) is 0 Å². The Hall–Kier alpha value is -2.33. The second-order valence-corrected chi connectivity index (χ2v) is 12.2. The number of allylic oxidation sites excluding steroid dienone is 1. The quantitative estimate of drug-likeness (QED) is 0.129. The first-order valence-electron chi connectivity index (χ1n) is 9.93. The minimum atomic E-state index is -2.44. The Morgan fingerprint density at radius 3 is 2.00 bits per heavy atom. The molecular formula is C23H31N3OSi. The molecule has 0 amide bonds. The zero-order chi connectivity index (χ0) is 20.3. The Bertz CT molecular complexity index is 739. The number of benzene rings is 2. The summed E-state index contributed by atoms with van der Waals surface area (Å²) < 4.78 is 6.80. The summed E-state index contributed by atoms with van der Waals surface area (Å²) in [4.78, 5) is 2.78. The minimum absolute atomic E-state index is 0.00115. The highest BCUT2D eigenvalue weighted by Gasteiger charge is 2.49. The van der Waals surface area contributed by atoms with Gasteiger partial charge in [-0.2, -0.15) is 0 Å². The van der Waals surface area contributed by atoms with Gasteiger partial charge < -0.3 is 4.43 Å². The lowest BCUT2D eigenvalue weighted by Gasteiger charge is -2.42. The van der Waals surface area contributed by atoms with Crippen molar-refractivity contribution in [1.82, 2.24) is 0 Å². The van der Waals surface area contributed by atoms with E-state index < -0.39 is 8.32 Å². The van der Waals surface area contributed by atoms with E-state index in [0.29, 0.717) is 13.2 Å². The van der Waals surface area contributed by atoms with Gasteiger partial charge in [0.15, 0.2) is 0 Å². The zero-order valence-corrected chi connectivity index (χ0v) is 18.2. The smallest absolute Gasteiger partial charge is 0.261 e. The van der Waals surface area contributed by atoms with Crippen LogP contribution in [0.3, 0.4) is 0 Å². The molecule has 0 aromatic heterocycles. The van der Waals surface area contributed by atoms with Crippen LogP contribution in [-0.4, -0.2) is 21.5 Å². The van der Waals surface area contributed by atoms with Gasteiger partial charge in [0.1, 0.15) is 0 Å². The molecule has 0 fully saturated rings. The van der Waals surface area contributed by atoms with E-state index in [4.69, 9.17) is 9.96 Å². The normalized spacial score (nSPS) is 12.1. The number of azide groups is 1. The number of hydrogen-bond acceptors (Lipinski definition) is 2. The maximum atomic E-state index is 8.30. The van der Waals surface area contributed by atoms with Crippen LogP contribution in [0.25, 0.3) is 10.4 Å². The Morgan fingerprint density at radius 2 is 1.50 bits per heavy atom. The van der Waals surface area contributed by atoms with E-state index in [1.54, 1.807) is 0 Å². The molecule has 0 N–H and O–H groups in total. The van der Waals surface area contributed by atoms with Crippen molar-refractivity contribution in [3.05, 3.63) is 83.3 Å². The molecule has 2 rings (SSSR count). The summed E-state index contributed by atoms with van der Waals surface area (Å²) in [7, 11) is -2.44. The predicted molar refractivity (Wildman–Crippen MR) is 121 cm³/mol. The summed E-state index contributed by atoms with van der Waals surface area (Å²) in [5.41, 5.74) is 8.30. The van der Waals surface area contributed by atoms with E-state index in [1.165, 1.54) is 10.4 Å². The van der Waals surface area contributed by atoms with Gasteiger partial charge in [0.25, 0.3) is 8.32 Å². The lowest BCUT2D eigenvalue weighted by Crippen LogP contribution is -2.66. The highest BCUT2D eigenvalue weighted by Crippen LogP contribution is 2.36. The summed E-state index contributed by atoms with van der Waals surface area (Å²) in [6, 6.07) is 21.4. The summed E-state index contributed by atoms with van der Waals surface area (Å²) >= 11 is 0. The summed E-state index contributed by atoms with van der Waals surface area (Å²) in [5, 5.41) is 6.17. The molecule has 0 saturated heterocycles. The fraction of sp³-hybridized carbons (Fsp3) is 0.391. The van der Waals surface area contributed by atoms with Crippen LogP contribution in [-0.2, 0) is 4.43 Å². The molecule has 0 aliphatic rings. The molecule has 4 nitrogen and oxygen atoms in total. The SMILES string of the molecule is CC(C)(C)[Si](OC/C=C\CCCCN=[N+]=[N-])(c1ccccc1)c1ccccc1. The van der Waals surface area contributed by atoms with E-state index >= 15 is 0 Å². The first-order valence-corrected chi connectivity index (χ1v) is 11.8. The third-order valence-corrected chi connectivity index (χ3v) is 9.93. The van der Waals surface area contributed by atoms with Gasteiger partial charge in [0.2, 0.25) is 0 Å². The maximum absolute atomic E-state index is 8.30. The largest absolute Gasteiger partial charge is 0.404 e. The molecule has 2 aromatic rings. The third kappa shape index (κ3) is 5.58. The predicted octanol–water partition coefficient (Wildman–Crippen LogP) is 5.60. The van der Waals surface area contributed by atoms with Crippen molar-refractivity contribution in [2.24, 2.45) is 5.11 Å². The van der Waals surface area contributed by atoms with Crippen LogP contribution in [0.4, 0.5) is 0 Å². The topological polar surface area (TPSA) is 58.0 Å². The molecule has 0 bridgehead atoms. The first kappa shape index (κ1) is 22.0. The lowest BCUT2D eigenvalue weighted by molar-refractivity contribution is 0.339. The Kier molecular flexibility index (Phi) is 8.52. The standard InChI is InChI=1S/C23H31N3OSi/c1-23(2,3)28(21-15-9-7-10-16-21,22-17-11-8-12-18-22)27-20-14-6-4-5-13-19-25-26-24/h6-12,14-18H,4-5,13,19-20H2,1-3H3/b14-6-. The molecule has 0 radical (unpaired) electrons. The number of rotatable bonds is 10. The molecule has 0 heterocycles. The monoisotopic (exact) mass is 393 g/mol. The highest BCUT2D eigenvalue weighted by atomic mass is 28.4. The van der Waals surface area contributed by atoms with Gasteiger partial charge in [-0.1, -0.05) is 98.7 Å². The molecule has 0 aliphatic heterocycles. The molecule has 0 saturated carbocycles. The van der Waals surface area contributed by atoms with Crippen molar-refractivity contribution in [1.29, 1.82) is 0 Å². The average molecular weight is 394 g/mol. The van der Waals surface area contributed by atoms with Gasteiger partial charge in [-0.3, -0.25) is 0 Å². The van der Waals surface area contributed by atoms with Crippen molar-refractivity contribution >= 4 is 18.7 Å².